The zero-order valence-corrected chi connectivity index (χ0v) is 46.0. The Labute approximate surface area is 418 Å². The normalized spacial score (nSPS) is 13.5. The van der Waals surface area contributed by atoms with Crippen molar-refractivity contribution in [2.45, 2.75) is 233 Å². The molecule has 14 heteroatoms. The maximum absolute atomic E-state index is 14.0. The molecule has 0 aromatic carbocycles. The molecule has 0 bridgehead atoms. The van der Waals surface area contributed by atoms with E-state index in [9.17, 15) is 14.2 Å². The summed E-state index contributed by atoms with van der Waals surface area (Å²) in [5, 5.41) is 0. The number of hydrogen-bond acceptors (Lipinski definition) is 13. The standard InChI is InChI=1S/C54H108NO12P/c1-7-11-15-19-21-29-37-51(35-27-17-13-9-3)53(56)62-42-31-23-25-33-44-65-68(58,67-48-41-55(40-47-64-60-6)39-46-61-50-49-59-5)66-45-34-26-24-32-43-63-54(57)52(36-28-18-14-10-4)38-30-22-20-16-12-8-2/h51-52H,7-50H2,1-6H3. The fourth-order valence-corrected chi connectivity index (χ4v) is 9.44. The van der Waals surface area contributed by atoms with Crippen LogP contribution >= 0.6 is 7.82 Å². The Hall–Kier alpha value is -1.15. The molecule has 68 heavy (non-hydrogen) atoms. The first-order valence-electron chi connectivity index (χ1n) is 28.1. The van der Waals surface area contributed by atoms with Gasteiger partial charge in [-0.2, -0.15) is 0 Å². The van der Waals surface area contributed by atoms with Crippen LogP contribution in [0.4, 0.5) is 0 Å². The molecule has 2 unspecified atom stereocenters. The smallest absolute Gasteiger partial charge is 0.465 e. The number of ether oxygens (including phenoxy) is 4. The lowest BCUT2D eigenvalue weighted by Crippen LogP contribution is -2.34. The van der Waals surface area contributed by atoms with Crippen LogP contribution in [0.25, 0.3) is 0 Å². The summed E-state index contributed by atoms with van der Waals surface area (Å²) in [6, 6.07) is 0. The van der Waals surface area contributed by atoms with Crippen molar-refractivity contribution in [1.29, 1.82) is 0 Å². The van der Waals surface area contributed by atoms with Gasteiger partial charge in [0, 0.05) is 26.7 Å². The molecule has 13 nitrogen and oxygen atoms in total. The van der Waals surface area contributed by atoms with Crippen molar-refractivity contribution in [3.8, 4) is 0 Å². The molecule has 0 amide bonds. The first-order valence-corrected chi connectivity index (χ1v) is 29.6. The van der Waals surface area contributed by atoms with Gasteiger partial charge in [0.15, 0.2) is 0 Å². The lowest BCUT2D eigenvalue weighted by atomic mass is 9.94. The lowest BCUT2D eigenvalue weighted by molar-refractivity contribution is -0.273. The lowest BCUT2D eigenvalue weighted by Gasteiger charge is -2.23. The van der Waals surface area contributed by atoms with Gasteiger partial charge in [0.05, 0.1) is 78.4 Å². The Morgan fingerprint density at radius 3 is 1.18 bits per heavy atom. The molecule has 0 aliphatic carbocycles. The van der Waals surface area contributed by atoms with Crippen LogP contribution in [0.3, 0.4) is 0 Å². The third-order valence-electron chi connectivity index (χ3n) is 12.6. The Kier molecular flexibility index (Phi) is 51.3. The van der Waals surface area contributed by atoms with Gasteiger partial charge in [-0.1, -0.05) is 169 Å². The van der Waals surface area contributed by atoms with Gasteiger partial charge in [0.2, 0.25) is 0 Å². The number of hydrogen-bond donors (Lipinski definition) is 0. The number of phosphoric ester groups is 1. The van der Waals surface area contributed by atoms with Gasteiger partial charge < -0.3 is 18.9 Å². The van der Waals surface area contributed by atoms with Crippen molar-refractivity contribution in [3.05, 3.63) is 0 Å². The van der Waals surface area contributed by atoms with Crippen LogP contribution in [0.5, 0.6) is 0 Å². The van der Waals surface area contributed by atoms with Gasteiger partial charge in [-0.3, -0.25) is 28.1 Å². The molecule has 0 rings (SSSR count). The van der Waals surface area contributed by atoms with E-state index >= 15 is 0 Å². The molecular weight excluding hydrogens is 886 g/mol. The molecule has 0 N–H and O–H groups in total. The molecule has 406 valence electrons. The van der Waals surface area contributed by atoms with Crippen molar-refractivity contribution < 1.29 is 56.4 Å². The summed E-state index contributed by atoms with van der Waals surface area (Å²) in [6.07, 6.45) is 34.1. The first kappa shape index (κ1) is 66.9. The molecule has 0 heterocycles. The van der Waals surface area contributed by atoms with Crippen LogP contribution in [0.1, 0.15) is 233 Å². The third-order valence-corrected chi connectivity index (χ3v) is 14.1. The Morgan fingerprint density at radius 2 is 0.750 bits per heavy atom. The zero-order valence-electron chi connectivity index (χ0n) is 45.1. The highest BCUT2D eigenvalue weighted by atomic mass is 31.2. The van der Waals surface area contributed by atoms with Crippen molar-refractivity contribution in [3.63, 3.8) is 0 Å². The van der Waals surface area contributed by atoms with Gasteiger partial charge in [-0.25, -0.2) is 14.3 Å². The van der Waals surface area contributed by atoms with Gasteiger partial charge >= 0.3 is 19.8 Å². The molecule has 0 aliphatic heterocycles. The van der Waals surface area contributed by atoms with Crippen LogP contribution in [0, 0.1) is 11.8 Å². The van der Waals surface area contributed by atoms with Crippen molar-refractivity contribution in [2.24, 2.45) is 11.8 Å². The molecule has 0 aromatic heterocycles. The quantitative estimate of drug-likeness (QED) is 0.0188. The first-order chi connectivity index (χ1) is 33.3. The second-order valence-electron chi connectivity index (χ2n) is 18.8. The van der Waals surface area contributed by atoms with Crippen LogP contribution in [-0.2, 0) is 56.4 Å². The number of methoxy groups -OCH3 is 1. The van der Waals surface area contributed by atoms with E-state index < -0.39 is 7.82 Å². The predicted octanol–water partition coefficient (Wildman–Crippen LogP) is 14.6. The summed E-state index contributed by atoms with van der Waals surface area (Å²) >= 11 is 0. The monoisotopic (exact) mass is 994 g/mol. The Balaban J connectivity index is 5.04. The highest BCUT2D eigenvalue weighted by molar-refractivity contribution is 7.48. The van der Waals surface area contributed by atoms with Crippen LogP contribution in [0.15, 0.2) is 0 Å². The topological polar surface area (TPSA) is 138 Å². The number of unbranched alkanes of at least 4 members (excludes halogenated alkanes) is 22. The minimum atomic E-state index is -3.85. The van der Waals surface area contributed by atoms with Crippen molar-refractivity contribution in [2.75, 3.05) is 93.3 Å². The summed E-state index contributed by atoms with van der Waals surface area (Å²) in [5.41, 5.74) is 0. The highest BCUT2D eigenvalue weighted by Gasteiger charge is 2.27. The van der Waals surface area contributed by atoms with Crippen molar-refractivity contribution >= 4 is 19.8 Å². The van der Waals surface area contributed by atoms with E-state index in [1.54, 1.807) is 7.11 Å². The average Bonchev–Trinajstić information content (AvgIpc) is 3.33. The SMILES string of the molecule is CCCCCCCCC(CCCCCC)C(=O)OCCCCCCOP(=O)(OCCCCCCOC(=O)C(CCCCCC)CCCCCCCC)OCCN(CCOCCOC)CCOOC. The maximum atomic E-state index is 14.0. The zero-order chi connectivity index (χ0) is 49.9. The van der Waals surface area contributed by atoms with Gasteiger partial charge in [0.25, 0.3) is 0 Å². The number of carbonyl (C=O) groups is 2. The molecule has 0 spiro atoms. The van der Waals surface area contributed by atoms with E-state index in [0.29, 0.717) is 72.1 Å². The number of carbonyl (C=O) groups excluding carboxylic acids is 2. The molecule has 0 fully saturated rings. The van der Waals surface area contributed by atoms with Crippen molar-refractivity contribution in [1.82, 2.24) is 4.90 Å². The predicted molar refractivity (Wildman–Crippen MR) is 277 cm³/mol. The van der Waals surface area contributed by atoms with Crippen LogP contribution in [0.2, 0.25) is 0 Å². The summed E-state index contributed by atoms with van der Waals surface area (Å²) in [6.45, 7) is 13.9. The van der Waals surface area contributed by atoms with Gasteiger partial charge in [-0.15, -0.1) is 0 Å². The molecule has 0 saturated heterocycles. The molecule has 0 radical (unpaired) electrons. The molecule has 0 aliphatic rings. The Morgan fingerprint density at radius 1 is 0.397 bits per heavy atom. The number of rotatable bonds is 56. The summed E-state index contributed by atoms with van der Waals surface area (Å²) in [4.78, 5) is 38.1. The van der Waals surface area contributed by atoms with E-state index in [4.69, 9.17) is 42.3 Å². The maximum Gasteiger partial charge on any atom is 0.474 e. The number of nitrogens with zero attached hydrogens (tertiary/aromatic N) is 1. The van der Waals surface area contributed by atoms with E-state index in [0.717, 1.165) is 89.9 Å². The fourth-order valence-electron chi connectivity index (χ4n) is 8.20. The van der Waals surface area contributed by atoms with E-state index in [2.05, 4.69) is 32.6 Å². The summed E-state index contributed by atoms with van der Waals surface area (Å²) < 4.78 is 54.0. The average molecular weight is 994 g/mol. The van der Waals surface area contributed by atoms with Gasteiger partial charge in [-0.05, 0) is 64.2 Å². The summed E-state index contributed by atoms with van der Waals surface area (Å²) in [7, 11) is -0.735. The minimum Gasteiger partial charge on any atom is -0.465 e. The molecule has 0 aromatic rings. The van der Waals surface area contributed by atoms with E-state index in [-0.39, 0.29) is 43.6 Å². The van der Waals surface area contributed by atoms with E-state index in [1.807, 2.05) is 0 Å². The molecular formula is C54H108NO12P. The molecule has 0 saturated carbocycles. The highest BCUT2D eigenvalue weighted by Crippen LogP contribution is 2.49. The second kappa shape index (κ2) is 52.2. The second-order valence-corrected chi connectivity index (χ2v) is 20.4. The third kappa shape index (κ3) is 43.6. The minimum absolute atomic E-state index is 0.00692. The largest absolute Gasteiger partial charge is 0.474 e. The number of esters is 2. The van der Waals surface area contributed by atoms with Crippen LogP contribution in [-0.4, -0.2) is 110 Å². The van der Waals surface area contributed by atoms with E-state index in [1.165, 1.54) is 110 Å². The fraction of sp³-hybridized carbons (Fsp3) is 0.963. The summed E-state index contributed by atoms with van der Waals surface area (Å²) in [5.74, 6) is -0.0488. The number of phosphoric acid groups is 1. The van der Waals surface area contributed by atoms with Gasteiger partial charge in [0.1, 0.15) is 0 Å². The Bertz CT molecular complexity index is 1060. The van der Waals surface area contributed by atoms with Crippen LogP contribution < -0.4 is 0 Å². The molecule has 2 atom stereocenters.